The van der Waals surface area contributed by atoms with Crippen LogP contribution in [-0.4, -0.2) is 37.2 Å². The van der Waals surface area contributed by atoms with Gasteiger partial charge >= 0.3 is 0 Å². The summed E-state index contributed by atoms with van der Waals surface area (Å²) < 4.78 is 1.15. The lowest BCUT2D eigenvalue weighted by molar-refractivity contribution is 0.499. The van der Waals surface area contributed by atoms with Crippen molar-refractivity contribution in [2.24, 2.45) is 5.73 Å². The Kier molecular flexibility index (Phi) is 4.21. The van der Waals surface area contributed by atoms with E-state index in [1.165, 1.54) is 0 Å². The highest BCUT2D eigenvalue weighted by atomic mass is 32.1. The Labute approximate surface area is 136 Å². The summed E-state index contributed by atoms with van der Waals surface area (Å²) >= 11 is 1.70. The Morgan fingerprint density at radius 3 is 2.68 bits per heavy atom. The second-order valence-electron chi connectivity index (χ2n) is 6.85. The van der Waals surface area contributed by atoms with Crippen LogP contribution in [0.2, 0.25) is 19.6 Å². The third kappa shape index (κ3) is 3.32. The van der Waals surface area contributed by atoms with Crippen molar-refractivity contribution < 1.29 is 0 Å². The molecule has 1 fully saturated rings. The summed E-state index contributed by atoms with van der Waals surface area (Å²) in [5.41, 5.74) is 11.5. The van der Waals surface area contributed by atoms with Crippen LogP contribution in [-0.2, 0) is 0 Å². The Bertz CT molecular complexity index is 730. The Hall–Kier alpha value is -1.42. The number of piperidine rings is 1. The molecule has 0 radical (unpaired) electrons. The zero-order valence-electron chi connectivity index (χ0n) is 13.4. The molecule has 1 aliphatic rings. The normalized spacial score (nSPS) is 16.6. The van der Waals surface area contributed by atoms with E-state index < -0.39 is 8.07 Å². The molecule has 2 aromatic heterocycles. The monoisotopic (exact) mass is 330 g/mol. The standard InChI is InChI=1S/C16H22N4SSi/c1-22(2,3)9-6-12-10-21-15-14(12)18-11-19-16(15)20-7-4-13(17)5-8-20/h10-11,13H,4-5,7-8,17H2,1-3H3. The molecule has 6 heteroatoms. The maximum absolute atomic E-state index is 6.00. The summed E-state index contributed by atoms with van der Waals surface area (Å²) in [6, 6.07) is 0.329. The summed E-state index contributed by atoms with van der Waals surface area (Å²) in [4.78, 5) is 11.3. The van der Waals surface area contributed by atoms with Gasteiger partial charge in [0.25, 0.3) is 0 Å². The zero-order valence-corrected chi connectivity index (χ0v) is 15.2. The molecule has 0 aromatic carbocycles. The van der Waals surface area contributed by atoms with Crippen LogP contribution >= 0.6 is 11.3 Å². The molecule has 22 heavy (non-hydrogen) atoms. The van der Waals surface area contributed by atoms with Crippen LogP contribution in [0.25, 0.3) is 10.2 Å². The first-order chi connectivity index (χ1) is 10.4. The quantitative estimate of drug-likeness (QED) is 0.645. The summed E-state index contributed by atoms with van der Waals surface area (Å²) in [6.45, 7) is 8.71. The molecule has 2 aromatic rings. The molecule has 4 nitrogen and oxygen atoms in total. The maximum atomic E-state index is 6.00. The highest BCUT2D eigenvalue weighted by Crippen LogP contribution is 2.32. The molecule has 1 saturated heterocycles. The second kappa shape index (κ2) is 5.99. The van der Waals surface area contributed by atoms with Gasteiger partial charge in [-0.3, -0.25) is 0 Å². The SMILES string of the molecule is C[Si](C)(C)C#Cc1csc2c(N3CCC(N)CC3)ncnc12. The third-order valence-corrected chi connectivity index (χ3v) is 5.59. The van der Waals surface area contributed by atoms with E-state index >= 15 is 0 Å². The van der Waals surface area contributed by atoms with Crippen molar-refractivity contribution in [2.75, 3.05) is 18.0 Å². The van der Waals surface area contributed by atoms with Gasteiger partial charge in [-0.2, -0.15) is 0 Å². The lowest BCUT2D eigenvalue weighted by Crippen LogP contribution is -2.40. The number of nitrogens with zero attached hydrogens (tertiary/aromatic N) is 3. The average molecular weight is 331 g/mol. The highest BCUT2D eigenvalue weighted by Gasteiger charge is 2.20. The number of aromatic nitrogens is 2. The van der Waals surface area contributed by atoms with Crippen molar-refractivity contribution in [1.82, 2.24) is 9.97 Å². The molecule has 0 aliphatic carbocycles. The van der Waals surface area contributed by atoms with Gasteiger partial charge in [-0.25, -0.2) is 9.97 Å². The van der Waals surface area contributed by atoms with Gasteiger partial charge in [0.15, 0.2) is 0 Å². The first kappa shape index (κ1) is 15.5. The first-order valence-corrected chi connectivity index (χ1v) is 12.1. The molecular weight excluding hydrogens is 308 g/mol. The predicted octanol–water partition coefficient (Wildman–Crippen LogP) is 2.85. The van der Waals surface area contributed by atoms with Crippen LogP contribution in [0.15, 0.2) is 11.7 Å². The number of nitrogens with two attached hydrogens (primary N) is 1. The van der Waals surface area contributed by atoms with E-state index in [2.05, 4.69) is 51.4 Å². The van der Waals surface area contributed by atoms with E-state index in [9.17, 15) is 0 Å². The van der Waals surface area contributed by atoms with Crippen molar-refractivity contribution >= 4 is 35.4 Å². The Morgan fingerprint density at radius 2 is 2.00 bits per heavy atom. The van der Waals surface area contributed by atoms with Crippen molar-refractivity contribution in [1.29, 1.82) is 0 Å². The van der Waals surface area contributed by atoms with Crippen LogP contribution in [0.1, 0.15) is 18.4 Å². The van der Waals surface area contributed by atoms with Gasteiger partial charge in [0.1, 0.15) is 25.7 Å². The topological polar surface area (TPSA) is 55.0 Å². The molecule has 3 rings (SSSR count). The van der Waals surface area contributed by atoms with Crippen LogP contribution in [0.5, 0.6) is 0 Å². The summed E-state index contributed by atoms with van der Waals surface area (Å²) in [5, 5.41) is 2.12. The van der Waals surface area contributed by atoms with Crippen LogP contribution in [0.4, 0.5) is 5.82 Å². The fourth-order valence-electron chi connectivity index (χ4n) is 2.52. The number of rotatable bonds is 1. The number of thiophene rings is 1. The molecule has 0 atom stereocenters. The van der Waals surface area contributed by atoms with Crippen molar-refractivity contribution in [2.45, 2.75) is 38.5 Å². The van der Waals surface area contributed by atoms with Gasteiger partial charge in [-0.05, 0) is 12.8 Å². The fraction of sp³-hybridized carbons (Fsp3) is 0.500. The highest BCUT2D eigenvalue weighted by molar-refractivity contribution is 7.18. The lowest BCUT2D eigenvalue weighted by Gasteiger charge is -2.31. The van der Waals surface area contributed by atoms with Gasteiger partial charge in [0, 0.05) is 24.5 Å². The van der Waals surface area contributed by atoms with Crippen molar-refractivity contribution in [3.05, 3.63) is 17.3 Å². The zero-order chi connectivity index (χ0) is 15.7. The average Bonchev–Trinajstić information content (AvgIpc) is 2.88. The van der Waals surface area contributed by atoms with Gasteiger partial charge in [-0.15, -0.1) is 16.9 Å². The van der Waals surface area contributed by atoms with Gasteiger partial charge in [0.05, 0.1) is 10.3 Å². The van der Waals surface area contributed by atoms with Crippen LogP contribution in [0, 0.1) is 11.5 Å². The minimum Gasteiger partial charge on any atom is -0.355 e. The van der Waals surface area contributed by atoms with Crippen molar-refractivity contribution in [3.8, 4) is 11.5 Å². The Balaban J connectivity index is 1.97. The lowest BCUT2D eigenvalue weighted by atomic mass is 10.1. The number of fused-ring (bicyclic) bond motifs is 1. The smallest absolute Gasteiger partial charge is 0.150 e. The van der Waals surface area contributed by atoms with E-state index in [1.807, 2.05) is 0 Å². The van der Waals surface area contributed by atoms with E-state index in [0.29, 0.717) is 6.04 Å². The molecule has 1 aliphatic heterocycles. The fourth-order valence-corrected chi connectivity index (χ4v) is 4.00. The minimum absolute atomic E-state index is 0.329. The molecule has 0 unspecified atom stereocenters. The van der Waals surface area contributed by atoms with Gasteiger partial charge in [-0.1, -0.05) is 25.6 Å². The molecule has 0 bridgehead atoms. The minimum atomic E-state index is -1.38. The van der Waals surface area contributed by atoms with E-state index in [1.54, 1.807) is 17.7 Å². The van der Waals surface area contributed by atoms with Gasteiger partial charge < -0.3 is 10.6 Å². The predicted molar refractivity (Wildman–Crippen MR) is 97.1 cm³/mol. The summed E-state index contributed by atoms with van der Waals surface area (Å²) in [5.74, 6) is 4.38. The van der Waals surface area contributed by atoms with E-state index in [4.69, 9.17) is 5.73 Å². The molecule has 0 amide bonds. The summed E-state index contributed by atoms with van der Waals surface area (Å²) in [7, 11) is -1.38. The molecule has 0 spiro atoms. The van der Waals surface area contributed by atoms with E-state index in [0.717, 1.165) is 47.5 Å². The molecule has 3 heterocycles. The van der Waals surface area contributed by atoms with Gasteiger partial charge in [0.2, 0.25) is 0 Å². The first-order valence-electron chi connectivity index (χ1n) is 7.70. The Morgan fingerprint density at radius 1 is 1.27 bits per heavy atom. The third-order valence-electron chi connectivity index (χ3n) is 3.75. The second-order valence-corrected chi connectivity index (χ2v) is 12.5. The van der Waals surface area contributed by atoms with Crippen LogP contribution in [0.3, 0.4) is 0 Å². The molecule has 0 saturated carbocycles. The van der Waals surface area contributed by atoms with E-state index in [-0.39, 0.29) is 0 Å². The molecule has 2 N–H and O–H groups in total. The number of hydrogen-bond acceptors (Lipinski definition) is 5. The molecule has 116 valence electrons. The van der Waals surface area contributed by atoms with Crippen LogP contribution < -0.4 is 10.6 Å². The number of hydrogen-bond donors (Lipinski definition) is 1. The van der Waals surface area contributed by atoms with Crippen molar-refractivity contribution in [3.63, 3.8) is 0 Å². The maximum Gasteiger partial charge on any atom is 0.150 e. The molecular formula is C16H22N4SSi. The summed E-state index contributed by atoms with van der Waals surface area (Å²) in [6.07, 6.45) is 3.72. The number of anilines is 1. The largest absolute Gasteiger partial charge is 0.355 e.